The Kier molecular flexibility index (Phi) is 11.3. The maximum atomic E-state index is 14.0. The lowest BCUT2D eigenvalue weighted by atomic mass is 9.43. The summed E-state index contributed by atoms with van der Waals surface area (Å²) in [4.78, 5) is 69.7. The van der Waals surface area contributed by atoms with Crippen LogP contribution in [-0.4, -0.2) is 136 Å². The fourth-order valence-electron chi connectivity index (χ4n) is 10.8. The van der Waals surface area contributed by atoms with Crippen molar-refractivity contribution in [1.29, 1.82) is 0 Å². The summed E-state index contributed by atoms with van der Waals surface area (Å²) in [6, 6.07) is 2.94. The van der Waals surface area contributed by atoms with Gasteiger partial charge in [-0.3, -0.25) is 24.4 Å². The number of likely N-dealkylation sites (N-methyl/N-ethyl adjacent to an activating group) is 1. The minimum absolute atomic E-state index is 0.0478. The number of allylic oxidation sites excluding steroid dienone is 4. The number of hydrogen-bond acceptors (Lipinski definition) is 15. The molecule has 2 saturated heterocycles. The van der Waals surface area contributed by atoms with Gasteiger partial charge in [0.15, 0.2) is 11.8 Å². The van der Waals surface area contributed by atoms with E-state index in [0.717, 1.165) is 0 Å². The minimum atomic E-state index is -1.07. The molecule has 1 aromatic heterocycles. The van der Waals surface area contributed by atoms with Crippen LogP contribution < -0.4 is 10.6 Å². The number of aliphatic imine (C=N–C) groups is 2. The molecule has 2 aliphatic carbocycles. The number of fused-ring (bicyclic) bond motifs is 2. The van der Waals surface area contributed by atoms with Crippen LogP contribution in [0, 0.1) is 22.7 Å². The SMILES string of the molecule is CCOC(=O)C1C(=O)N2C=C(/C=C3\C=C(C(CC4C5(CO5)C(NC(C)C(=O)CC5=NCC=N5)CC5[C@]4(C)CC[C@@H](O)[C@@]5(C)CO)Nc4ccccn4)C(=O)O3)C=CC2N1C. The summed E-state index contributed by atoms with van der Waals surface area (Å²) < 4.78 is 17.6. The number of aromatic nitrogens is 1. The standard InChI is InChI=1S/C44H55N7O9/c1-6-58-41(57)38-39(55)51-22-26(10-11-37(51)50(38)5)17-27-18-28(40(56)60-27)29(49-35-9-7-8-14-45-35)19-32-42(3)13-12-34(54)43(4,23-52)31(42)21-33(44(32)24-59-44)48-25(2)30(53)20-36-46-15-16-47-36/h7-11,14-15,17-18,22,25,29,31-34,37-38,48,52,54H,6,12-13,16,19-21,23-24H2,1-5H3,(H,45,49)/b27-17+/t25?,29?,31?,32?,33?,34-,37?,38?,42+,43+,44?/m1/s1. The van der Waals surface area contributed by atoms with E-state index in [0.29, 0.717) is 61.6 Å². The Balaban J connectivity index is 1.12. The van der Waals surface area contributed by atoms with Gasteiger partial charge in [0.1, 0.15) is 29.2 Å². The van der Waals surface area contributed by atoms with E-state index in [9.17, 15) is 29.4 Å². The van der Waals surface area contributed by atoms with Gasteiger partial charge in [0.2, 0.25) is 0 Å². The number of nitrogens with zero attached hydrogens (tertiary/aromatic N) is 5. The number of aliphatic hydroxyl groups is 2. The highest BCUT2D eigenvalue weighted by Gasteiger charge is 2.71. The molecule has 1 amide bonds. The zero-order valence-corrected chi connectivity index (χ0v) is 34.7. The molecule has 0 radical (unpaired) electrons. The molecule has 4 fully saturated rings. The Morgan fingerprint density at radius 2 is 2.02 bits per heavy atom. The largest absolute Gasteiger partial charge is 0.464 e. The van der Waals surface area contributed by atoms with Crippen LogP contribution in [0.1, 0.15) is 59.8 Å². The number of pyridine rings is 1. The third-order valence-electron chi connectivity index (χ3n) is 14.2. The van der Waals surface area contributed by atoms with Gasteiger partial charge < -0.3 is 35.1 Å². The summed E-state index contributed by atoms with van der Waals surface area (Å²) >= 11 is 0. The number of carbonyl (C=O) groups is 4. The minimum Gasteiger partial charge on any atom is -0.464 e. The summed E-state index contributed by atoms with van der Waals surface area (Å²) in [6.45, 7) is 8.54. The molecule has 1 spiro atoms. The summed E-state index contributed by atoms with van der Waals surface area (Å²) in [5.74, 6) is -0.664. The van der Waals surface area contributed by atoms with Crippen molar-refractivity contribution in [2.45, 2.75) is 102 Å². The number of anilines is 1. The number of esters is 2. The molecule has 6 heterocycles. The zero-order valence-electron chi connectivity index (χ0n) is 34.7. The number of hydrogen-bond donors (Lipinski definition) is 4. The molecule has 16 heteroatoms. The van der Waals surface area contributed by atoms with E-state index in [1.54, 1.807) is 49.6 Å². The molecule has 5 aliphatic heterocycles. The van der Waals surface area contributed by atoms with Crippen molar-refractivity contribution >= 4 is 41.5 Å². The summed E-state index contributed by atoms with van der Waals surface area (Å²) in [5.41, 5.74) is -1.04. The first-order chi connectivity index (χ1) is 28.7. The molecular formula is C44H55N7O9. The van der Waals surface area contributed by atoms with E-state index in [4.69, 9.17) is 14.2 Å². The first kappa shape index (κ1) is 41.8. The monoisotopic (exact) mass is 825 g/mol. The number of Topliss-reactive ketones (excluding diaryl/α,β-unsaturated/α-hetero) is 1. The molecule has 7 aliphatic rings. The van der Waals surface area contributed by atoms with E-state index in [2.05, 4.69) is 32.5 Å². The second-order valence-corrected chi connectivity index (χ2v) is 17.6. The van der Waals surface area contributed by atoms with Gasteiger partial charge in [-0.1, -0.05) is 26.0 Å². The summed E-state index contributed by atoms with van der Waals surface area (Å²) in [6.07, 6.45) is 13.0. The maximum Gasteiger partial charge on any atom is 0.341 e. The van der Waals surface area contributed by atoms with E-state index in [-0.39, 0.29) is 49.1 Å². The fourth-order valence-corrected chi connectivity index (χ4v) is 10.8. The summed E-state index contributed by atoms with van der Waals surface area (Å²) in [5, 5.41) is 29.6. The molecule has 8 unspecified atom stereocenters. The average molecular weight is 826 g/mol. The number of cyclic esters (lactones) is 1. The second kappa shape index (κ2) is 16.2. The highest BCUT2D eigenvalue weighted by molar-refractivity contribution is 6.07. The molecule has 16 nitrogen and oxygen atoms in total. The molecule has 0 bridgehead atoms. The molecule has 0 aromatic carbocycles. The Morgan fingerprint density at radius 1 is 1.22 bits per heavy atom. The highest BCUT2D eigenvalue weighted by atomic mass is 16.6. The number of amides is 1. The number of rotatable bonds is 14. The van der Waals surface area contributed by atoms with Crippen molar-refractivity contribution in [3.63, 3.8) is 0 Å². The molecular weight excluding hydrogens is 771 g/mol. The predicted molar refractivity (Wildman–Crippen MR) is 220 cm³/mol. The topological polar surface area (TPSA) is 208 Å². The molecule has 1 aromatic rings. The smallest absolute Gasteiger partial charge is 0.341 e. The van der Waals surface area contributed by atoms with Gasteiger partial charge in [0.25, 0.3) is 5.91 Å². The van der Waals surface area contributed by atoms with Crippen LogP contribution in [0.4, 0.5) is 5.82 Å². The van der Waals surface area contributed by atoms with Gasteiger partial charge >= 0.3 is 11.9 Å². The number of ketones is 1. The first-order valence-corrected chi connectivity index (χ1v) is 20.9. The van der Waals surface area contributed by atoms with Gasteiger partial charge in [-0.05, 0) is 99.8 Å². The third-order valence-corrected chi connectivity index (χ3v) is 14.2. The molecule has 2 saturated carbocycles. The van der Waals surface area contributed by atoms with Crippen molar-refractivity contribution in [2.24, 2.45) is 32.7 Å². The Labute approximate surface area is 349 Å². The molecule has 320 valence electrons. The lowest BCUT2D eigenvalue weighted by Gasteiger charge is -2.63. The predicted octanol–water partition coefficient (Wildman–Crippen LogP) is 2.46. The highest BCUT2D eigenvalue weighted by Crippen LogP contribution is 2.66. The first-order valence-electron chi connectivity index (χ1n) is 20.9. The maximum absolute atomic E-state index is 14.0. The zero-order chi connectivity index (χ0) is 42.6. The van der Waals surface area contributed by atoms with E-state index in [1.165, 1.54) is 4.90 Å². The van der Waals surface area contributed by atoms with Crippen molar-refractivity contribution in [2.75, 3.05) is 38.7 Å². The van der Waals surface area contributed by atoms with Crippen LogP contribution in [0.5, 0.6) is 0 Å². The van der Waals surface area contributed by atoms with E-state index >= 15 is 0 Å². The lowest BCUT2D eigenvalue weighted by Crippen LogP contribution is -2.67. The van der Waals surface area contributed by atoms with Crippen LogP contribution in [0.25, 0.3) is 0 Å². The van der Waals surface area contributed by atoms with Crippen LogP contribution in [-0.2, 0) is 33.4 Å². The number of nitrogens with one attached hydrogen (secondary N) is 2. The van der Waals surface area contributed by atoms with E-state index in [1.807, 2.05) is 44.2 Å². The van der Waals surface area contributed by atoms with Crippen molar-refractivity contribution in [3.05, 3.63) is 71.8 Å². The number of aliphatic hydroxyl groups excluding tert-OH is 2. The number of amidine groups is 1. The Hall–Kier alpha value is -4.87. The van der Waals surface area contributed by atoms with Crippen LogP contribution in [0.2, 0.25) is 0 Å². The van der Waals surface area contributed by atoms with Gasteiger partial charge in [0, 0.05) is 30.1 Å². The van der Waals surface area contributed by atoms with Crippen LogP contribution in [0.15, 0.2) is 81.8 Å². The number of carbonyl (C=O) groups excluding carboxylic acids is 4. The molecule has 8 rings (SSSR count). The quantitative estimate of drug-likeness (QED) is 0.121. The van der Waals surface area contributed by atoms with Gasteiger partial charge in [-0.25, -0.2) is 19.6 Å². The van der Waals surface area contributed by atoms with Gasteiger partial charge in [-0.15, -0.1) is 0 Å². The molecule has 60 heavy (non-hydrogen) atoms. The molecule has 4 N–H and O–H groups in total. The molecule has 11 atom stereocenters. The van der Waals surface area contributed by atoms with Crippen LogP contribution >= 0.6 is 0 Å². The number of ether oxygens (including phenoxy) is 3. The number of epoxide rings is 1. The third kappa shape index (κ3) is 7.35. The normalized spacial score (nSPS) is 36.0. The Morgan fingerprint density at radius 3 is 2.70 bits per heavy atom. The van der Waals surface area contributed by atoms with Gasteiger partial charge in [-0.2, -0.15) is 0 Å². The lowest BCUT2D eigenvalue weighted by molar-refractivity contribution is -0.184. The van der Waals surface area contributed by atoms with Crippen molar-refractivity contribution in [3.8, 4) is 0 Å². The fraction of sp³-hybridized carbons (Fsp3) is 0.568. The summed E-state index contributed by atoms with van der Waals surface area (Å²) in [7, 11) is 1.70. The van der Waals surface area contributed by atoms with Crippen LogP contribution in [0.3, 0.4) is 0 Å². The van der Waals surface area contributed by atoms with Crippen molar-refractivity contribution < 1.29 is 43.6 Å². The van der Waals surface area contributed by atoms with Crippen molar-refractivity contribution in [1.82, 2.24) is 20.1 Å². The van der Waals surface area contributed by atoms with E-state index < -0.39 is 64.7 Å². The second-order valence-electron chi connectivity index (χ2n) is 17.6. The average Bonchev–Trinajstić information content (AvgIpc) is 3.54. The Bertz CT molecular complexity index is 2100. The van der Waals surface area contributed by atoms with Gasteiger partial charge in [0.05, 0.1) is 56.5 Å².